The van der Waals surface area contributed by atoms with Gasteiger partial charge in [-0.15, -0.1) is 0 Å². The van der Waals surface area contributed by atoms with E-state index in [4.69, 9.17) is 5.26 Å². The molecule has 1 N–H and O–H groups in total. The number of rotatable bonds is 4. The average Bonchev–Trinajstić information content (AvgIpc) is 3.28. The molecule has 6 nitrogen and oxygen atoms in total. The maximum Gasteiger partial charge on any atom is 0.436 e. The van der Waals surface area contributed by atoms with Gasteiger partial charge in [-0.3, -0.25) is 10.1 Å². The minimum atomic E-state index is -4.78. The minimum absolute atomic E-state index is 0.00280. The van der Waals surface area contributed by atoms with Gasteiger partial charge in [0.05, 0.1) is 17.0 Å². The summed E-state index contributed by atoms with van der Waals surface area (Å²) in [6.45, 7) is 0. The summed E-state index contributed by atoms with van der Waals surface area (Å²) in [7, 11) is 0. The third kappa shape index (κ3) is 4.40. The number of nitriles is 2. The van der Waals surface area contributed by atoms with Crippen LogP contribution in [-0.4, -0.2) is 17.0 Å². The molecule has 0 radical (unpaired) electrons. The highest BCUT2D eigenvalue weighted by atomic mass is 19.4. The van der Waals surface area contributed by atoms with Gasteiger partial charge < -0.3 is 4.52 Å². The third-order valence-electron chi connectivity index (χ3n) is 4.89. The summed E-state index contributed by atoms with van der Waals surface area (Å²) in [6.07, 6.45) is -5.83. The Morgan fingerprint density at radius 1 is 1.23 bits per heavy atom. The zero-order chi connectivity index (χ0) is 22.1. The van der Waals surface area contributed by atoms with Crippen molar-refractivity contribution < 1.29 is 31.3 Å². The van der Waals surface area contributed by atoms with Crippen LogP contribution in [0.25, 0.3) is 0 Å². The predicted molar refractivity (Wildman–Crippen MR) is 91.0 cm³/mol. The molecule has 1 aliphatic rings. The molecule has 1 fully saturated rings. The number of anilines is 1. The van der Waals surface area contributed by atoms with E-state index in [1.54, 1.807) is 6.07 Å². The van der Waals surface area contributed by atoms with Gasteiger partial charge in [-0.25, -0.2) is 8.78 Å². The topological polar surface area (TPSA) is 103 Å². The largest absolute Gasteiger partial charge is 0.436 e. The van der Waals surface area contributed by atoms with Gasteiger partial charge in [0.15, 0.2) is 5.69 Å². The van der Waals surface area contributed by atoms with Crippen molar-refractivity contribution in [2.24, 2.45) is 5.92 Å². The van der Waals surface area contributed by atoms with Crippen molar-refractivity contribution in [3.8, 4) is 12.1 Å². The molecule has 0 bridgehead atoms. The number of carbonyl (C=O) groups is 1. The molecular weight excluding hydrogens is 411 g/mol. The standard InChI is InChI=1S/C19H13F5N4O2/c20-18(21)4-3-11(7-18)16(10-1-2-12(8-25)13(5-10)9-26)17(29)27-15-6-14(28-30-15)19(22,23)24/h1-2,5-6,11,16H,3-4,7H2,(H,27,29)/t11-,16+/m1/s1. The first kappa shape index (κ1) is 21.2. The molecule has 3 rings (SSSR count). The van der Waals surface area contributed by atoms with Crippen molar-refractivity contribution in [3.63, 3.8) is 0 Å². The van der Waals surface area contributed by atoms with Crippen LogP contribution in [0.15, 0.2) is 28.8 Å². The first-order chi connectivity index (χ1) is 14.0. The maximum absolute atomic E-state index is 13.8. The first-order valence-electron chi connectivity index (χ1n) is 8.71. The normalized spacial score (nSPS) is 19.0. The van der Waals surface area contributed by atoms with Gasteiger partial charge in [-0.2, -0.15) is 23.7 Å². The maximum atomic E-state index is 13.8. The van der Waals surface area contributed by atoms with Crippen LogP contribution in [0.5, 0.6) is 0 Å². The number of benzene rings is 1. The van der Waals surface area contributed by atoms with Gasteiger partial charge in [-0.1, -0.05) is 11.2 Å². The smallest absolute Gasteiger partial charge is 0.338 e. The number of amides is 1. The van der Waals surface area contributed by atoms with Crippen molar-refractivity contribution >= 4 is 11.8 Å². The quantitative estimate of drug-likeness (QED) is 0.723. The Hall–Kier alpha value is -3.47. The fourth-order valence-electron chi connectivity index (χ4n) is 3.52. The summed E-state index contributed by atoms with van der Waals surface area (Å²) < 4.78 is 70.1. The average molecular weight is 424 g/mol. The fraction of sp³-hybridized carbons (Fsp3) is 0.368. The molecule has 2 aromatic rings. The van der Waals surface area contributed by atoms with Gasteiger partial charge in [0, 0.05) is 18.9 Å². The van der Waals surface area contributed by atoms with E-state index in [-0.39, 0.29) is 23.1 Å². The molecule has 156 valence electrons. The summed E-state index contributed by atoms with van der Waals surface area (Å²) in [6, 6.07) is 8.00. The molecule has 1 amide bonds. The first-order valence-corrected chi connectivity index (χ1v) is 8.71. The van der Waals surface area contributed by atoms with Crippen LogP contribution in [0.2, 0.25) is 0 Å². The number of carbonyl (C=O) groups excluding carboxylic acids is 1. The van der Waals surface area contributed by atoms with E-state index < -0.39 is 54.3 Å². The zero-order valence-corrected chi connectivity index (χ0v) is 15.1. The molecule has 1 aromatic heterocycles. The number of nitrogens with zero attached hydrogens (tertiary/aromatic N) is 3. The van der Waals surface area contributed by atoms with Gasteiger partial charge >= 0.3 is 6.18 Å². The number of hydrogen-bond acceptors (Lipinski definition) is 5. The Labute approximate surface area is 166 Å². The monoisotopic (exact) mass is 424 g/mol. The van der Waals surface area contributed by atoms with Crippen LogP contribution < -0.4 is 5.32 Å². The van der Waals surface area contributed by atoms with Crippen LogP contribution in [0.1, 0.15) is 47.6 Å². The van der Waals surface area contributed by atoms with Crippen LogP contribution in [0, 0.1) is 28.6 Å². The molecule has 1 saturated carbocycles. The highest BCUT2D eigenvalue weighted by Gasteiger charge is 2.45. The Balaban J connectivity index is 1.94. The molecule has 0 unspecified atom stereocenters. The van der Waals surface area contributed by atoms with Crippen molar-refractivity contribution in [1.29, 1.82) is 10.5 Å². The van der Waals surface area contributed by atoms with Crippen LogP contribution in [0.3, 0.4) is 0 Å². The second-order valence-electron chi connectivity index (χ2n) is 6.93. The van der Waals surface area contributed by atoms with Crippen LogP contribution >= 0.6 is 0 Å². The van der Waals surface area contributed by atoms with Crippen molar-refractivity contribution in [3.05, 3.63) is 46.6 Å². The van der Waals surface area contributed by atoms with E-state index >= 15 is 0 Å². The van der Waals surface area contributed by atoms with Gasteiger partial charge in [0.2, 0.25) is 17.7 Å². The van der Waals surface area contributed by atoms with Crippen molar-refractivity contribution in [2.75, 3.05) is 5.32 Å². The molecule has 0 aliphatic heterocycles. The Morgan fingerprint density at radius 3 is 2.47 bits per heavy atom. The molecule has 30 heavy (non-hydrogen) atoms. The lowest BCUT2D eigenvalue weighted by Gasteiger charge is -2.23. The summed E-state index contributed by atoms with van der Waals surface area (Å²) in [5, 5.41) is 23.2. The fourth-order valence-corrected chi connectivity index (χ4v) is 3.52. The molecular formula is C19H13F5N4O2. The lowest BCUT2D eigenvalue weighted by atomic mass is 9.83. The number of nitrogens with one attached hydrogen (secondary N) is 1. The summed E-state index contributed by atoms with van der Waals surface area (Å²) >= 11 is 0. The van der Waals surface area contributed by atoms with Gasteiger partial charge in [0.25, 0.3) is 0 Å². The van der Waals surface area contributed by atoms with Crippen LogP contribution in [0.4, 0.5) is 27.8 Å². The summed E-state index contributed by atoms with van der Waals surface area (Å²) in [5.41, 5.74) is -1.16. The Bertz CT molecular complexity index is 1050. The second kappa shape index (κ2) is 7.75. The van der Waals surface area contributed by atoms with Gasteiger partial charge in [0.1, 0.15) is 12.1 Å². The lowest BCUT2D eigenvalue weighted by Crippen LogP contribution is -2.27. The van der Waals surface area contributed by atoms with Gasteiger partial charge in [-0.05, 0) is 30.0 Å². The number of halogens is 5. The molecule has 0 saturated heterocycles. The van der Waals surface area contributed by atoms with E-state index in [0.717, 1.165) is 0 Å². The van der Waals surface area contributed by atoms with E-state index in [1.165, 1.54) is 18.2 Å². The van der Waals surface area contributed by atoms with Crippen molar-refractivity contribution in [1.82, 2.24) is 5.16 Å². The van der Waals surface area contributed by atoms with Crippen LogP contribution in [-0.2, 0) is 11.0 Å². The molecule has 1 heterocycles. The molecule has 1 aromatic carbocycles. The summed E-state index contributed by atoms with van der Waals surface area (Å²) in [5.74, 6) is -6.47. The SMILES string of the molecule is N#Cc1ccc([C@H](C(=O)Nc2cc(C(F)(F)F)no2)[C@@H]2CCC(F)(F)C2)cc1C#N. The Morgan fingerprint density at radius 2 is 1.93 bits per heavy atom. The van der Waals surface area contributed by atoms with E-state index in [2.05, 4.69) is 15.0 Å². The highest BCUT2D eigenvalue weighted by molar-refractivity contribution is 5.95. The molecule has 0 spiro atoms. The van der Waals surface area contributed by atoms with Crippen molar-refractivity contribution in [2.45, 2.75) is 37.3 Å². The van der Waals surface area contributed by atoms with E-state index in [9.17, 15) is 32.0 Å². The Kier molecular flexibility index (Phi) is 5.49. The number of hydrogen-bond donors (Lipinski definition) is 1. The summed E-state index contributed by atoms with van der Waals surface area (Å²) in [4.78, 5) is 12.9. The molecule has 2 atom stereocenters. The predicted octanol–water partition coefficient (Wildman–Crippen LogP) is 4.59. The van der Waals surface area contributed by atoms with E-state index in [1.807, 2.05) is 6.07 Å². The molecule has 1 aliphatic carbocycles. The zero-order valence-electron chi connectivity index (χ0n) is 15.1. The highest BCUT2D eigenvalue weighted by Crippen LogP contribution is 2.46. The minimum Gasteiger partial charge on any atom is -0.338 e. The molecule has 11 heteroatoms. The third-order valence-corrected chi connectivity index (χ3v) is 4.89. The van der Waals surface area contributed by atoms with E-state index in [0.29, 0.717) is 6.07 Å². The lowest BCUT2D eigenvalue weighted by molar-refractivity contribution is -0.142. The number of alkyl halides is 5. The number of aromatic nitrogens is 1. The second-order valence-corrected chi connectivity index (χ2v) is 6.93.